The molecule has 0 aliphatic carbocycles. The van der Waals surface area contributed by atoms with Crippen LogP contribution in [-0.2, 0) is 11.4 Å². The number of hydrogen-bond donors (Lipinski definition) is 1. The van der Waals surface area contributed by atoms with Gasteiger partial charge in [-0.1, -0.05) is 25.1 Å². The average Bonchev–Trinajstić information content (AvgIpc) is 2.89. The predicted molar refractivity (Wildman–Crippen MR) is 111 cm³/mol. The molecule has 0 unspecified atom stereocenters. The number of hydrogen-bond acceptors (Lipinski definition) is 3. The number of halogens is 2. The standard InChI is InChI=1S/C20H18BrFN2O2S/c1-2-8-24-19(25)17(23-20(24)27)11-13-6-7-18(16(21)10-13)26-12-14-4-3-5-15(22)9-14/h3-7,9-11H,2,8,12H2,1H3,(H,23,27). The summed E-state index contributed by atoms with van der Waals surface area (Å²) in [6, 6.07) is 11.8. The summed E-state index contributed by atoms with van der Waals surface area (Å²) >= 11 is 8.69. The first-order valence-corrected chi connectivity index (χ1v) is 9.69. The lowest BCUT2D eigenvalue weighted by Gasteiger charge is -2.11. The molecule has 1 fully saturated rings. The van der Waals surface area contributed by atoms with E-state index in [1.807, 2.05) is 19.1 Å². The zero-order chi connectivity index (χ0) is 19.4. The molecule has 1 aliphatic rings. The monoisotopic (exact) mass is 448 g/mol. The summed E-state index contributed by atoms with van der Waals surface area (Å²) in [7, 11) is 0. The van der Waals surface area contributed by atoms with Gasteiger partial charge < -0.3 is 10.1 Å². The van der Waals surface area contributed by atoms with E-state index >= 15 is 0 Å². The zero-order valence-electron chi connectivity index (χ0n) is 14.7. The van der Waals surface area contributed by atoms with Gasteiger partial charge in [-0.15, -0.1) is 0 Å². The van der Waals surface area contributed by atoms with E-state index < -0.39 is 0 Å². The molecule has 1 amide bonds. The van der Waals surface area contributed by atoms with Gasteiger partial charge in [-0.25, -0.2) is 4.39 Å². The van der Waals surface area contributed by atoms with Crippen molar-refractivity contribution in [1.82, 2.24) is 10.2 Å². The van der Waals surface area contributed by atoms with Crippen molar-refractivity contribution in [2.24, 2.45) is 0 Å². The molecule has 1 N–H and O–H groups in total. The summed E-state index contributed by atoms with van der Waals surface area (Å²) in [6.45, 7) is 2.85. The fourth-order valence-corrected chi connectivity index (χ4v) is 3.47. The van der Waals surface area contributed by atoms with E-state index in [0.29, 0.717) is 23.1 Å². The van der Waals surface area contributed by atoms with Crippen molar-refractivity contribution in [3.05, 3.63) is 69.6 Å². The van der Waals surface area contributed by atoms with Gasteiger partial charge in [-0.05, 0) is 76.0 Å². The third kappa shape index (κ3) is 4.73. The van der Waals surface area contributed by atoms with Gasteiger partial charge in [-0.2, -0.15) is 0 Å². The van der Waals surface area contributed by atoms with Crippen molar-refractivity contribution < 1.29 is 13.9 Å². The van der Waals surface area contributed by atoms with Crippen LogP contribution in [0.5, 0.6) is 5.75 Å². The molecule has 0 radical (unpaired) electrons. The van der Waals surface area contributed by atoms with Crippen LogP contribution in [0.3, 0.4) is 0 Å². The molecule has 2 aromatic carbocycles. The number of rotatable bonds is 6. The number of benzene rings is 2. The van der Waals surface area contributed by atoms with Gasteiger partial charge >= 0.3 is 0 Å². The maximum atomic E-state index is 13.2. The molecule has 2 aromatic rings. The van der Waals surface area contributed by atoms with Crippen molar-refractivity contribution in [2.75, 3.05) is 6.54 Å². The van der Waals surface area contributed by atoms with Gasteiger partial charge in [-0.3, -0.25) is 9.69 Å². The number of nitrogens with one attached hydrogen (secondary N) is 1. The lowest BCUT2D eigenvalue weighted by molar-refractivity contribution is -0.122. The molecule has 0 bridgehead atoms. The Kier molecular flexibility index (Phi) is 6.23. The van der Waals surface area contributed by atoms with Crippen molar-refractivity contribution in [3.63, 3.8) is 0 Å². The molecule has 3 rings (SSSR count). The Bertz CT molecular complexity index is 917. The maximum Gasteiger partial charge on any atom is 0.276 e. The van der Waals surface area contributed by atoms with E-state index in [1.165, 1.54) is 12.1 Å². The summed E-state index contributed by atoms with van der Waals surface area (Å²) in [6.07, 6.45) is 2.59. The van der Waals surface area contributed by atoms with Crippen LogP contribution < -0.4 is 10.1 Å². The minimum absolute atomic E-state index is 0.121. The van der Waals surface area contributed by atoms with Crippen LogP contribution in [0.2, 0.25) is 0 Å². The molecule has 1 heterocycles. The molecule has 1 saturated heterocycles. The van der Waals surface area contributed by atoms with Gasteiger partial charge in [0.15, 0.2) is 5.11 Å². The number of amides is 1. The van der Waals surface area contributed by atoms with Crippen LogP contribution in [0, 0.1) is 5.82 Å². The molecule has 0 saturated carbocycles. The van der Waals surface area contributed by atoms with Gasteiger partial charge in [0.05, 0.1) is 4.47 Å². The van der Waals surface area contributed by atoms with Gasteiger partial charge in [0.25, 0.3) is 5.91 Å². The first-order valence-electron chi connectivity index (χ1n) is 8.49. The summed E-state index contributed by atoms with van der Waals surface area (Å²) < 4.78 is 19.7. The Morgan fingerprint density at radius 2 is 2.11 bits per heavy atom. The Labute approximate surface area is 171 Å². The van der Waals surface area contributed by atoms with E-state index in [4.69, 9.17) is 17.0 Å². The highest BCUT2D eigenvalue weighted by molar-refractivity contribution is 9.10. The first kappa shape index (κ1) is 19.5. The normalized spacial score (nSPS) is 15.4. The summed E-state index contributed by atoms with van der Waals surface area (Å²) in [5.41, 5.74) is 2.03. The second kappa shape index (κ2) is 8.63. The highest BCUT2D eigenvalue weighted by Gasteiger charge is 2.29. The topological polar surface area (TPSA) is 41.6 Å². The lowest BCUT2D eigenvalue weighted by Crippen LogP contribution is -2.31. The molecule has 140 valence electrons. The molecular weight excluding hydrogens is 431 g/mol. The Balaban J connectivity index is 1.71. The fourth-order valence-electron chi connectivity index (χ4n) is 2.68. The van der Waals surface area contributed by atoms with E-state index in [2.05, 4.69) is 21.2 Å². The second-order valence-corrected chi connectivity index (χ2v) is 7.29. The molecule has 4 nitrogen and oxygen atoms in total. The molecule has 1 aliphatic heterocycles. The van der Waals surface area contributed by atoms with Crippen molar-refractivity contribution in [3.8, 4) is 5.75 Å². The van der Waals surface area contributed by atoms with Gasteiger partial charge in [0.1, 0.15) is 23.9 Å². The van der Waals surface area contributed by atoms with Crippen LogP contribution in [0.15, 0.2) is 52.6 Å². The van der Waals surface area contributed by atoms with Crippen LogP contribution in [0.25, 0.3) is 6.08 Å². The molecule has 0 atom stereocenters. The van der Waals surface area contributed by atoms with Crippen molar-refractivity contribution in [2.45, 2.75) is 20.0 Å². The van der Waals surface area contributed by atoms with Gasteiger partial charge in [0, 0.05) is 6.54 Å². The number of thiocarbonyl (C=S) groups is 1. The molecule has 0 spiro atoms. The number of ether oxygens (including phenoxy) is 1. The Morgan fingerprint density at radius 1 is 1.30 bits per heavy atom. The van der Waals surface area contributed by atoms with Crippen molar-refractivity contribution >= 4 is 45.2 Å². The van der Waals surface area contributed by atoms with Crippen molar-refractivity contribution in [1.29, 1.82) is 0 Å². The molecule has 0 aromatic heterocycles. The lowest BCUT2D eigenvalue weighted by atomic mass is 10.2. The number of carbonyl (C=O) groups excluding carboxylic acids is 1. The third-order valence-corrected chi connectivity index (χ3v) is 4.90. The number of nitrogens with zero attached hydrogens (tertiary/aromatic N) is 1. The third-order valence-electron chi connectivity index (χ3n) is 3.96. The van der Waals surface area contributed by atoms with Crippen LogP contribution in [-0.4, -0.2) is 22.5 Å². The van der Waals surface area contributed by atoms with Gasteiger partial charge in [0.2, 0.25) is 0 Å². The minimum Gasteiger partial charge on any atom is -0.488 e. The highest BCUT2D eigenvalue weighted by Crippen LogP contribution is 2.28. The second-order valence-electron chi connectivity index (χ2n) is 6.05. The fraction of sp³-hybridized carbons (Fsp3) is 0.200. The summed E-state index contributed by atoms with van der Waals surface area (Å²) in [4.78, 5) is 14.0. The smallest absolute Gasteiger partial charge is 0.276 e. The van der Waals surface area contributed by atoms with E-state index in [1.54, 1.807) is 29.2 Å². The quantitative estimate of drug-likeness (QED) is 0.516. The van der Waals surface area contributed by atoms with E-state index in [-0.39, 0.29) is 18.3 Å². The largest absolute Gasteiger partial charge is 0.488 e. The minimum atomic E-state index is -0.291. The van der Waals surface area contributed by atoms with Crippen LogP contribution in [0.1, 0.15) is 24.5 Å². The molecule has 27 heavy (non-hydrogen) atoms. The Morgan fingerprint density at radius 3 is 2.81 bits per heavy atom. The highest BCUT2D eigenvalue weighted by atomic mass is 79.9. The SMILES string of the molecule is CCCN1C(=O)C(=Cc2ccc(OCc3cccc(F)c3)c(Br)c2)NC1=S. The number of carbonyl (C=O) groups is 1. The molecular formula is C20H18BrFN2O2S. The van der Waals surface area contributed by atoms with E-state index in [0.717, 1.165) is 22.0 Å². The van der Waals surface area contributed by atoms with Crippen LogP contribution in [0.4, 0.5) is 4.39 Å². The summed E-state index contributed by atoms with van der Waals surface area (Å²) in [5.74, 6) is 0.223. The maximum absolute atomic E-state index is 13.2. The Hall–Kier alpha value is -2.25. The first-order chi connectivity index (χ1) is 13.0. The summed E-state index contributed by atoms with van der Waals surface area (Å²) in [5, 5.41) is 3.39. The molecule has 7 heteroatoms. The average molecular weight is 449 g/mol. The zero-order valence-corrected chi connectivity index (χ0v) is 17.1. The predicted octanol–water partition coefficient (Wildman–Crippen LogP) is 4.63. The van der Waals surface area contributed by atoms with E-state index in [9.17, 15) is 9.18 Å². The van der Waals surface area contributed by atoms with Crippen LogP contribution >= 0.6 is 28.1 Å².